The first kappa shape index (κ1) is 16.2. The summed E-state index contributed by atoms with van der Waals surface area (Å²) < 4.78 is 10.6. The lowest BCUT2D eigenvalue weighted by Crippen LogP contribution is -2.22. The zero-order valence-electron chi connectivity index (χ0n) is 14.2. The quantitative estimate of drug-likeness (QED) is 0.875. The van der Waals surface area contributed by atoms with Gasteiger partial charge < -0.3 is 20.1 Å². The van der Waals surface area contributed by atoms with Crippen LogP contribution in [0.2, 0.25) is 0 Å². The summed E-state index contributed by atoms with van der Waals surface area (Å²) in [5, 5.41) is 6.14. The van der Waals surface area contributed by atoms with Gasteiger partial charge in [-0.25, -0.2) is 0 Å². The number of para-hydroxylation sites is 1. The van der Waals surface area contributed by atoms with Crippen molar-refractivity contribution in [1.29, 1.82) is 0 Å². The Kier molecular flexibility index (Phi) is 4.60. The fraction of sp³-hybridized carbons (Fsp3) is 0.316. The summed E-state index contributed by atoms with van der Waals surface area (Å²) in [6.07, 6.45) is 0. The van der Waals surface area contributed by atoms with E-state index in [1.54, 1.807) is 18.2 Å². The van der Waals surface area contributed by atoms with E-state index in [4.69, 9.17) is 9.47 Å². The van der Waals surface area contributed by atoms with Crippen molar-refractivity contribution < 1.29 is 14.3 Å². The lowest BCUT2D eigenvalue weighted by atomic mass is 9.98. The molecule has 0 unspecified atom stereocenters. The largest absolute Gasteiger partial charge is 0.454 e. The van der Waals surface area contributed by atoms with Crippen molar-refractivity contribution >= 4 is 17.3 Å². The average Bonchev–Trinajstić information content (AvgIpc) is 3.01. The van der Waals surface area contributed by atoms with Crippen molar-refractivity contribution in [2.24, 2.45) is 0 Å². The van der Waals surface area contributed by atoms with E-state index in [1.807, 2.05) is 19.1 Å². The van der Waals surface area contributed by atoms with Crippen LogP contribution in [0, 0.1) is 6.92 Å². The van der Waals surface area contributed by atoms with Gasteiger partial charge in [0.15, 0.2) is 11.5 Å². The average molecular weight is 326 g/mol. The first-order chi connectivity index (χ1) is 11.5. The third-order valence-electron chi connectivity index (χ3n) is 4.01. The third kappa shape index (κ3) is 3.45. The minimum absolute atomic E-state index is 0.105. The number of carbonyl (C=O) groups is 1. The van der Waals surface area contributed by atoms with E-state index in [0.717, 1.165) is 11.3 Å². The molecular weight excluding hydrogens is 304 g/mol. The monoisotopic (exact) mass is 326 g/mol. The van der Waals surface area contributed by atoms with Gasteiger partial charge in [-0.1, -0.05) is 32.0 Å². The summed E-state index contributed by atoms with van der Waals surface area (Å²) in [6, 6.07) is 11.6. The van der Waals surface area contributed by atoms with Crippen molar-refractivity contribution in [1.82, 2.24) is 0 Å². The fourth-order valence-corrected chi connectivity index (χ4v) is 2.76. The number of fused-ring (bicyclic) bond motifs is 1. The number of rotatable bonds is 5. The molecule has 0 aliphatic carbocycles. The number of ether oxygens (including phenoxy) is 2. The molecule has 5 nitrogen and oxygen atoms in total. The van der Waals surface area contributed by atoms with E-state index in [9.17, 15) is 4.79 Å². The first-order valence-corrected chi connectivity index (χ1v) is 8.07. The van der Waals surface area contributed by atoms with Crippen LogP contribution in [0.4, 0.5) is 11.4 Å². The minimum Gasteiger partial charge on any atom is -0.454 e. The second-order valence-corrected chi connectivity index (χ2v) is 6.16. The molecule has 0 atom stereocenters. The Morgan fingerprint density at radius 3 is 2.75 bits per heavy atom. The highest BCUT2D eigenvalue weighted by atomic mass is 16.7. The van der Waals surface area contributed by atoms with Gasteiger partial charge >= 0.3 is 0 Å². The molecule has 0 aromatic heterocycles. The molecule has 2 aromatic rings. The van der Waals surface area contributed by atoms with E-state index in [2.05, 4.69) is 30.5 Å². The van der Waals surface area contributed by atoms with Crippen LogP contribution in [0.3, 0.4) is 0 Å². The van der Waals surface area contributed by atoms with Gasteiger partial charge in [-0.15, -0.1) is 0 Å². The molecule has 0 radical (unpaired) electrons. The van der Waals surface area contributed by atoms with Crippen molar-refractivity contribution in [2.75, 3.05) is 24.0 Å². The molecule has 1 heterocycles. The summed E-state index contributed by atoms with van der Waals surface area (Å²) in [5.74, 6) is 1.64. The molecule has 2 N–H and O–H groups in total. The summed E-state index contributed by atoms with van der Waals surface area (Å²) >= 11 is 0. The molecule has 0 saturated carbocycles. The highest BCUT2D eigenvalue weighted by Gasteiger charge is 2.14. The van der Waals surface area contributed by atoms with Crippen molar-refractivity contribution in [3.8, 4) is 11.5 Å². The van der Waals surface area contributed by atoms with E-state index < -0.39 is 0 Å². The molecule has 1 aliphatic rings. The van der Waals surface area contributed by atoms with Crippen molar-refractivity contribution in [2.45, 2.75) is 26.7 Å². The normalized spacial score (nSPS) is 12.3. The van der Waals surface area contributed by atoms with Gasteiger partial charge in [0, 0.05) is 17.4 Å². The van der Waals surface area contributed by atoms with Gasteiger partial charge in [0.05, 0.1) is 6.54 Å². The number of benzene rings is 2. The molecule has 1 aliphatic heterocycles. The van der Waals surface area contributed by atoms with Crippen LogP contribution in [0.15, 0.2) is 36.4 Å². The molecule has 126 valence electrons. The van der Waals surface area contributed by atoms with Crippen molar-refractivity contribution in [3.05, 3.63) is 47.5 Å². The van der Waals surface area contributed by atoms with E-state index in [0.29, 0.717) is 23.1 Å². The van der Waals surface area contributed by atoms with Gasteiger partial charge in [0.2, 0.25) is 12.7 Å². The van der Waals surface area contributed by atoms with E-state index in [-0.39, 0.29) is 19.2 Å². The molecule has 1 amide bonds. The lowest BCUT2D eigenvalue weighted by molar-refractivity contribution is -0.114. The summed E-state index contributed by atoms with van der Waals surface area (Å²) in [5.41, 5.74) is 4.08. The number of nitrogens with one attached hydrogen (secondary N) is 2. The maximum Gasteiger partial charge on any atom is 0.243 e. The molecule has 24 heavy (non-hydrogen) atoms. The number of carbonyl (C=O) groups excluding carboxylic acids is 1. The molecule has 2 aromatic carbocycles. The Morgan fingerprint density at radius 1 is 1.17 bits per heavy atom. The smallest absolute Gasteiger partial charge is 0.243 e. The molecule has 0 fully saturated rings. The summed E-state index contributed by atoms with van der Waals surface area (Å²) in [4.78, 5) is 12.2. The van der Waals surface area contributed by atoms with Gasteiger partial charge in [0.25, 0.3) is 0 Å². The number of hydrogen-bond donors (Lipinski definition) is 2. The summed E-state index contributed by atoms with van der Waals surface area (Å²) in [6.45, 7) is 6.77. The van der Waals surface area contributed by atoms with Crippen LogP contribution < -0.4 is 20.1 Å². The standard InChI is InChI=1S/C19H22N2O3/c1-12(2)15-6-4-5-13(3)19(15)20-10-18(22)21-14-7-8-16-17(9-14)24-11-23-16/h4-9,12,20H,10-11H2,1-3H3,(H,21,22). The third-order valence-corrected chi connectivity index (χ3v) is 4.01. The molecule has 5 heteroatoms. The molecule has 0 bridgehead atoms. The topological polar surface area (TPSA) is 59.6 Å². The molecule has 0 saturated heterocycles. The molecular formula is C19H22N2O3. The van der Waals surface area contributed by atoms with Crippen LogP contribution in [0.1, 0.15) is 30.9 Å². The lowest BCUT2D eigenvalue weighted by Gasteiger charge is -2.17. The Hall–Kier alpha value is -2.69. The second kappa shape index (κ2) is 6.83. The van der Waals surface area contributed by atoms with E-state index in [1.165, 1.54) is 5.56 Å². The first-order valence-electron chi connectivity index (χ1n) is 8.07. The van der Waals surface area contributed by atoms with Gasteiger partial charge in [-0.3, -0.25) is 4.79 Å². The highest BCUT2D eigenvalue weighted by molar-refractivity contribution is 5.94. The number of hydrogen-bond acceptors (Lipinski definition) is 4. The number of anilines is 2. The minimum atomic E-state index is -0.105. The molecule has 0 spiro atoms. The Bertz CT molecular complexity index is 756. The highest BCUT2D eigenvalue weighted by Crippen LogP contribution is 2.34. The van der Waals surface area contributed by atoms with Crippen LogP contribution in [-0.2, 0) is 4.79 Å². The van der Waals surface area contributed by atoms with Gasteiger partial charge in [0.1, 0.15) is 0 Å². The van der Waals surface area contributed by atoms with Crippen LogP contribution in [0.25, 0.3) is 0 Å². The number of aryl methyl sites for hydroxylation is 1. The summed E-state index contributed by atoms with van der Waals surface area (Å²) in [7, 11) is 0. The Morgan fingerprint density at radius 2 is 1.96 bits per heavy atom. The Balaban J connectivity index is 1.64. The number of amides is 1. The zero-order chi connectivity index (χ0) is 17.1. The maximum absolute atomic E-state index is 12.2. The zero-order valence-corrected chi connectivity index (χ0v) is 14.2. The van der Waals surface area contributed by atoms with Crippen LogP contribution >= 0.6 is 0 Å². The second-order valence-electron chi connectivity index (χ2n) is 6.16. The SMILES string of the molecule is Cc1cccc(C(C)C)c1NCC(=O)Nc1ccc2c(c1)OCO2. The van der Waals surface area contributed by atoms with Crippen LogP contribution in [0.5, 0.6) is 11.5 Å². The van der Waals surface area contributed by atoms with Crippen molar-refractivity contribution in [3.63, 3.8) is 0 Å². The van der Waals surface area contributed by atoms with Gasteiger partial charge in [-0.2, -0.15) is 0 Å². The van der Waals surface area contributed by atoms with E-state index >= 15 is 0 Å². The fourth-order valence-electron chi connectivity index (χ4n) is 2.76. The van der Waals surface area contributed by atoms with Gasteiger partial charge in [-0.05, 0) is 36.1 Å². The Labute approximate surface area is 142 Å². The maximum atomic E-state index is 12.2. The predicted octanol–water partition coefficient (Wildman–Crippen LogP) is 3.90. The molecule has 3 rings (SSSR count). The predicted molar refractivity (Wildman–Crippen MR) is 95.0 cm³/mol. The van der Waals surface area contributed by atoms with Crippen LogP contribution in [-0.4, -0.2) is 19.2 Å².